The van der Waals surface area contributed by atoms with Crippen molar-refractivity contribution >= 4 is 18.1 Å². The molecule has 1 saturated heterocycles. The van der Waals surface area contributed by atoms with E-state index in [0.717, 1.165) is 38.2 Å². The van der Waals surface area contributed by atoms with Gasteiger partial charge >= 0.3 is 0 Å². The third-order valence-electron chi connectivity index (χ3n) is 4.73. The Morgan fingerprint density at radius 2 is 1.86 bits per heavy atom. The number of benzene rings is 2. The van der Waals surface area contributed by atoms with Gasteiger partial charge in [-0.1, -0.05) is 23.7 Å². The van der Waals surface area contributed by atoms with E-state index in [-0.39, 0.29) is 23.7 Å². The Hall–Kier alpha value is -2.18. The van der Waals surface area contributed by atoms with Crippen LogP contribution in [0.3, 0.4) is 0 Å². The fraction of sp³-hybridized carbons (Fsp3) is 0.381. The maximum atomic E-state index is 14.0. The molecule has 0 amide bonds. The summed E-state index contributed by atoms with van der Waals surface area (Å²) in [6.45, 7) is 3.92. The molecule has 1 fully saturated rings. The molecule has 1 N–H and O–H groups in total. The predicted octanol–water partition coefficient (Wildman–Crippen LogP) is 4.87. The lowest BCUT2D eigenvalue weighted by atomic mass is 10.0. The molecule has 1 aliphatic heterocycles. The fourth-order valence-electron chi connectivity index (χ4n) is 3.34. The van der Waals surface area contributed by atoms with Crippen LogP contribution in [-0.2, 0) is 0 Å². The quantitative estimate of drug-likeness (QED) is 0.306. The lowest BCUT2D eigenvalue weighted by Crippen LogP contribution is -2.31. The largest absolute Gasteiger partial charge is 0.494 e. The van der Waals surface area contributed by atoms with Crippen LogP contribution in [0.1, 0.15) is 36.8 Å². The van der Waals surface area contributed by atoms with E-state index in [1.54, 1.807) is 24.3 Å². The normalized spacial score (nSPS) is 15.1. The van der Waals surface area contributed by atoms with Gasteiger partial charge in [0.25, 0.3) is 0 Å². The van der Waals surface area contributed by atoms with Crippen molar-refractivity contribution in [2.45, 2.75) is 25.7 Å². The van der Waals surface area contributed by atoms with Gasteiger partial charge in [0.1, 0.15) is 23.1 Å². The Bertz CT molecular complexity index is 796. The fourth-order valence-corrected chi connectivity index (χ4v) is 3.34. The second kappa shape index (κ2) is 11.0. The number of nitrogens with zero attached hydrogens (tertiary/aromatic N) is 2. The minimum atomic E-state index is -0.782. The number of hydrogen-bond acceptors (Lipinski definition) is 4. The van der Waals surface area contributed by atoms with E-state index < -0.39 is 11.6 Å². The number of rotatable bonds is 7. The molecule has 152 valence electrons. The SMILES string of the molecule is Cl.O/N=C(/c1cccc(OCCCN2CCCCC2)c1)c1ccc(F)cc1F. The van der Waals surface area contributed by atoms with Gasteiger partial charge in [0, 0.05) is 23.7 Å². The highest BCUT2D eigenvalue weighted by atomic mass is 35.5. The maximum absolute atomic E-state index is 14.0. The van der Waals surface area contributed by atoms with E-state index in [9.17, 15) is 14.0 Å². The van der Waals surface area contributed by atoms with Gasteiger partial charge < -0.3 is 14.8 Å². The van der Waals surface area contributed by atoms with E-state index in [0.29, 0.717) is 17.9 Å². The summed E-state index contributed by atoms with van der Waals surface area (Å²) in [6, 6.07) is 10.1. The number of oxime groups is 1. The van der Waals surface area contributed by atoms with Gasteiger partial charge in [-0.05, 0) is 56.6 Å². The van der Waals surface area contributed by atoms with Crippen molar-refractivity contribution in [2.75, 3.05) is 26.2 Å². The Labute approximate surface area is 170 Å². The second-order valence-electron chi connectivity index (χ2n) is 6.70. The zero-order valence-corrected chi connectivity index (χ0v) is 16.4. The highest BCUT2D eigenvalue weighted by Crippen LogP contribution is 2.20. The average Bonchev–Trinajstić information content (AvgIpc) is 2.69. The first kappa shape index (κ1) is 22.1. The number of likely N-dealkylation sites (tertiary alicyclic amines) is 1. The number of hydrogen-bond donors (Lipinski definition) is 1. The standard InChI is InChI=1S/C21H24F2N2O2.ClH/c22-17-8-9-19(20(23)15-17)21(24-26)16-6-4-7-18(14-16)27-13-5-12-25-10-2-1-3-11-25;/h4,6-9,14-15,26H,1-3,5,10-13H2;1H/b24-21-;. The summed E-state index contributed by atoms with van der Waals surface area (Å²) in [4.78, 5) is 2.46. The summed E-state index contributed by atoms with van der Waals surface area (Å²) in [5, 5.41) is 12.6. The lowest BCUT2D eigenvalue weighted by molar-refractivity contribution is 0.205. The molecule has 4 nitrogen and oxygen atoms in total. The van der Waals surface area contributed by atoms with E-state index in [1.807, 2.05) is 0 Å². The Morgan fingerprint density at radius 3 is 2.57 bits per heavy atom. The Kier molecular flexibility index (Phi) is 8.67. The highest BCUT2D eigenvalue weighted by molar-refractivity contribution is 6.12. The van der Waals surface area contributed by atoms with Crippen molar-refractivity contribution in [3.8, 4) is 5.75 Å². The third kappa shape index (κ3) is 5.91. The topological polar surface area (TPSA) is 45.1 Å². The van der Waals surface area contributed by atoms with Crippen LogP contribution in [0.15, 0.2) is 47.6 Å². The van der Waals surface area contributed by atoms with Crippen LogP contribution in [0, 0.1) is 11.6 Å². The van der Waals surface area contributed by atoms with Crippen molar-refractivity contribution in [3.05, 3.63) is 65.2 Å². The average molecular weight is 411 g/mol. The second-order valence-corrected chi connectivity index (χ2v) is 6.70. The van der Waals surface area contributed by atoms with E-state index in [4.69, 9.17) is 4.74 Å². The van der Waals surface area contributed by atoms with Crippen LogP contribution in [0.5, 0.6) is 5.75 Å². The molecule has 0 unspecified atom stereocenters. The van der Waals surface area contributed by atoms with Crippen molar-refractivity contribution in [2.24, 2.45) is 5.16 Å². The Balaban J connectivity index is 0.00000280. The number of ether oxygens (including phenoxy) is 1. The van der Waals surface area contributed by atoms with Gasteiger partial charge in [-0.2, -0.15) is 0 Å². The van der Waals surface area contributed by atoms with E-state index in [1.165, 1.54) is 25.3 Å². The molecule has 0 aromatic heterocycles. The van der Waals surface area contributed by atoms with Crippen LogP contribution < -0.4 is 4.74 Å². The van der Waals surface area contributed by atoms with Gasteiger partial charge in [0.05, 0.1) is 6.61 Å². The zero-order valence-electron chi connectivity index (χ0n) is 15.6. The molecule has 7 heteroatoms. The van der Waals surface area contributed by atoms with Crippen molar-refractivity contribution in [1.82, 2.24) is 4.90 Å². The molecule has 28 heavy (non-hydrogen) atoms. The lowest BCUT2D eigenvalue weighted by Gasteiger charge is -2.26. The van der Waals surface area contributed by atoms with Gasteiger partial charge in [0.15, 0.2) is 0 Å². The van der Waals surface area contributed by atoms with Crippen LogP contribution in [-0.4, -0.2) is 42.1 Å². The third-order valence-corrected chi connectivity index (χ3v) is 4.73. The van der Waals surface area contributed by atoms with Crippen LogP contribution >= 0.6 is 12.4 Å². The molecule has 3 rings (SSSR count). The maximum Gasteiger partial charge on any atom is 0.135 e. The summed E-state index contributed by atoms with van der Waals surface area (Å²) in [5.41, 5.74) is 0.559. The molecule has 0 bridgehead atoms. The summed E-state index contributed by atoms with van der Waals surface area (Å²) >= 11 is 0. The van der Waals surface area contributed by atoms with Crippen LogP contribution in [0.4, 0.5) is 8.78 Å². The van der Waals surface area contributed by atoms with Gasteiger partial charge in [-0.15, -0.1) is 12.4 Å². The smallest absolute Gasteiger partial charge is 0.135 e. The molecule has 1 aliphatic rings. The molecular weight excluding hydrogens is 386 g/mol. The first-order chi connectivity index (χ1) is 13.2. The van der Waals surface area contributed by atoms with Gasteiger partial charge in [-0.3, -0.25) is 0 Å². The van der Waals surface area contributed by atoms with Crippen LogP contribution in [0.2, 0.25) is 0 Å². The first-order valence-corrected chi connectivity index (χ1v) is 9.30. The van der Waals surface area contributed by atoms with Crippen molar-refractivity contribution < 1.29 is 18.7 Å². The Morgan fingerprint density at radius 1 is 1.07 bits per heavy atom. The van der Waals surface area contributed by atoms with Crippen molar-refractivity contribution in [1.29, 1.82) is 0 Å². The summed E-state index contributed by atoms with van der Waals surface area (Å²) < 4.78 is 33.0. The summed E-state index contributed by atoms with van der Waals surface area (Å²) in [5.74, 6) is -0.843. The molecule has 1 heterocycles. The van der Waals surface area contributed by atoms with Gasteiger partial charge in [0.2, 0.25) is 0 Å². The molecule has 2 aromatic rings. The van der Waals surface area contributed by atoms with Gasteiger partial charge in [-0.25, -0.2) is 8.78 Å². The summed E-state index contributed by atoms with van der Waals surface area (Å²) in [7, 11) is 0. The first-order valence-electron chi connectivity index (χ1n) is 9.30. The number of halogens is 3. The zero-order chi connectivity index (χ0) is 19.1. The molecule has 0 spiro atoms. The highest BCUT2D eigenvalue weighted by Gasteiger charge is 2.14. The molecule has 0 aliphatic carbocycles. The molecule has 0 radical (unpaired) electrons. The number of piperidine rings is 1. The predicted molar refractivity (Wildman–Crippen MR) is 108 cm³/mol. The minimum Gasteiger partial charge on any atom is -0.494 e. The van der Waals surface area contributed by atoms with E-state index >= 15 is 0 Å². The monoisotopic (exact) mass is 410 g/mol. The molecular formula is C21H25ClF2N2O2. The summed E-state index contributed by atoms with van der Waals surface area (Å²) in [6.07, 6.45) is 4.79. The molecule has 2 aromatic carbocycles. The minimum absolute atomic E-state index is 0. The van der Waals surface area contributed by atoms with Crippen molar-refractivity contribution in [3.63, 3.8) is 0 Å². The van der Waals surface area contributed by atoms with E-state index in [2.05, 4.69) is 10.1 Å². The van der Waals surface area contributed by atoms with Crippen LogP contribution in [0.25, 0.3) is 0 Å². The molecule has 0 saturated carbocycles. The molecule has 0 atom stereocenters.